The van der Waals surface area contributed by atoms with Gasteiger partial charge in [0.25, 0.3) is 0 Å². The normalized spacial score (nSPS) is 23.6. The van der Waals surface area contributed by atoms with Crippen molar-refractivity contribution in [3.63, 3.8) is 0 Å². The van der Waals surface area contributed by atoms with Crippen LogP contribution in [0.3, 0.4) is 0 Å². The van der Waals surface area contributed by atoms with E-state index in [-0.39, 0.29) is 0 Å². The zero-order valence-electron chi connectivity index (χ0n) is 20.6. The van der Waals surface area contributed by atoms with Crippen LogP contribution in [0.1, 0.15) is 43.2 Å². The Hall–Kier alpha value is -2.68. The minimum atomic E-state index is 0.633. The van der Waals surface area contributed by atoms with Gasteiger partial charge >= 0.3 is 0 Å². The Labute approximate surface area is 204 Å². The number of fused-ring (bicyclic) bond motifs is 1. The molecular weight excluding hydrogens is 412 g/mol. The molecule has 3 aliphatic rings. The van der Waals surface area contributed by atoms with Crippen LogP contribution >= 0.6 is 0 Å². The molecule has 2 saturated heterocycles. The summed E-state index contributed by atoms with van der Waals surface area (Å²) in [6.07, 6.45) is 12.3. The van der Waals surface area contributed by atoms with E-state index >= 15 is 0 Å². The van der Waals surface area contributed by atoms with Crippen LogP contribution in [0.2, 0.25) is 0 Å². The molecule has 0 spiro atoms. The van der Waals surface area contributed by atoms with Gasteiger partial charge in [-0.05, 0) is 116 Å². The van der Waals surface area contributed by atoms with Crippen molar-refractivity contribution < 1.29 is 0 Å². The number of likely N-dealkylation sites (tertiary alicyclic amines) is 2. The van der Waals surface area contributed by atoms with Crippen LogP contribution in [0.25, 0.3) is 27.5 Å². The molecule has 0 amide bonds. The quantitative estimate of drug-likeness (QED) is 0.417. The third-order valence-electron chi connectivity index (χ3n) is 8.47. The second-order valence-corrected chi connectivity index (χ2v) is 10.7. The van der Waals surface area contributed by atoms with Crippen LogP contribution in [0.5, 0.6) is 0 Å². The van der Waals surface area contributed by atoms with Gasteiger partial charge < -0.3 is 4.90 Å². The lowest BCUT2D eigenvalue weighted by atomic mass is 9.92. The molecule has 2 fully saturated rings. The number of allylic oxidation sites excluding steroid dienone is 3. The predicted octanol–water partition coefficient (Wildman–Crippen LogP) is 6.95. The fourth-order valence-corrected chi connectivity index (χ4v) is 6.46. The van der Waals surface area contributed by atoms with Gasteiger partial charge in [0.15, 0.2) is 0 Å². The minimum absolute atomic E-state index is 0.633. The first kappa shape index (κ1) is 21.8. The second-order valence-electron chi connectivity index (χ2n) is 10.7. The average Bonchev–Trinajstić information content (AvgIpc) is 3.60. The Morgan fingerprint density at radius 1 is 0.794 bits per heavy atom. The first-order valence-electron chi connectivity index (χ1n) is 13.1. The van der Waals surface area contributed by atoms with Gasteiger partial charge in [0, 0.05) is 12.1 Å². The summed E-state index contributed by atoms with van der Waals surface area (Å²) in [5.74, 6) is 0. The summed E-state index contributed by atoms with van der Waals surface area (Å²) in [5, 5.41) is 2.71. The van der Waals surface area contributed by atoms with Crippen LogP contribution in [0.4, 0.5) is 0 Å². The highest BCUT2D eigenvalue weighted by molar-refractivity contribution is 5.97. The van der Waals surface area contributed by atoms with Crippen molar-refractivity contribution in [3.05, 3.63) is 89.5 Å². The lowest BCUT2D eigenvalue weighted by Crippen LogP contribution is -2.26. The summed E-state index contributed by atoms with van der Waals surface area (Å²) < 4.78 is 0. The van der Waals surface area contributed by atoms with E-state index in [2.05, 4.69) is 96.7 Å². The maximum atomic E-state index is 2.52. The lowest BCUT2D eigenvalue weighted by Gasteiger charge is -2.21. The van der Waals surface area contributed by atoms with Crippen molar-refractivity contribution in [2.75, 3.05) is 27.2 Å². The second kappa shape index (κ2) is 9.17. The molecular formula is C32H36N2. The van der Waals surface area contributed by atoms with E-state index in [1.165, 1.54) is 77.4 Å². The van der Waals surface area contributed by atoms with E-state index in [1.54, 1.807) is 5.57 Å². The van der Waals surface area contributed by atoms with E-state index in [0.717, 1.165) is 12.8 Å². The molecule has 3 aromatic rings. The van der Waals surface area contributed by atoms with E-state index < -0.39 is 0 Å². The molecule has 2 nitrogen and oxygen atoms in total. The highest BCUT2D eigenvalue weighted by Gasteiger charge is 2.26. The first-order chi connectivity index (χ1) is 16.7. The van der Waals surface area contributed by atoms with Crippen LogP contribution in [0, 0.1) is 0 Å². The van der Waals surface area contributed by atoms with Gasteiger partial charge in [0.05, 0.1) is 0 Å². The maximum Gasteiger partial charge on any atom is 0.0311 e. The topological polar surface area (TPSA) is 6.48 Å². The standard InChI is InChI=1S/C32H36N2/c1-33-17-5-10-29(33)20-23-13-16-31-26(19-23)9-4-11-30(31)27-8-3-7-24(21-27)25-14-15-28(22-25)32-12-6-18-34(32)2/h3-4,7-9,11,13-16,19,21,29,32H,5-6,10,12,17-18,20,22H2,1-2H3. The molecule has 0 saturated carbocycles. The zero-order chi connectivity index (χ0) is 23.1. The van der Waals surface area contributed by atoms with Gasteiger partial charge in [-0.2, -0.15) is 0 Å². The summed E-state index contributed by atoms with van der Waals surface area (Å²) >= 11 is 0. The van der Waals surface area contributed by atoms with Gasteiger partial charge in [-0.1, -0.05) is 66.7 Å². The highest BCUT2D eigenvalue weighted by atomic mass is 15.1. The Morgan fingerprint density at radius 2 is 1.62 bits per heavy atom. The van der Waals surface area contributed by atoms with Crippen LogP contribution in [-0.2, 0) is 6.42 Å². The largest absolute Gasteiger partial charge is 0.303 e. The van der Waals surface area contributed by atoms with Crippen molar-refractivity contribution in [2.45, 2.75) is 50.6 Å². The number of hydrogen-bond donors (Lipinski definition) is 0. The molecule has 6 rings (SSSR count). The minimum Gasteiger partial charge on any atom is -0.303 e. The number of likely N-dealkylation sites (N-methyl/N-ethyl adjacent to an activating group) is 2. The molecule has 2 heterocycles. The predicted molar refractivity (Wildman–Crippen MR) is 145 cm³/mol. The van der Waals surface area contributed by atoms with Gasteiger partial charge in [-0.3, -0.25) is 4.90 Å². The fraction of sp³-hybridized carbons (Fsp3) is 0.375. The van der Waals surface area contributed by atoms with Crippen LogP contribution in [-0.4, -0.2) is 49.1 Å². The Balaban J connectivity index is 1.25. The molecule has 174 valence electrons. The fourth-order valence-electron chi connectivity index (χ4n) is 6.46. The third kappa shape index (κ3) is 4.15. The Kier molecular flexibility index (Phi) is 5.89. The molecule has 34 heavy (non-hydrogen) atoms. The SMILES string of the molecule is CN1CCCC1Cc1ccc2c(-c3cccc(C4=CC=C(C5CCCN5C)C4)c3)cccc2c1. The Bertz CT molecular complexity index is 1270. The van der Waals surface area contributed by atoms with Crippen molar-refractivity contribution in [1.82, 2.24) is 9.80 Å². The maximum absolute atomic E-state index is 2.52. The van der Waals surface area contributed by atoms with E-state index in [0.29, 0.717) is 12.1 Å². The molecule has 1 aliphatic carbocycles. The molecule has 0 radical (unpaired) electrons. The van der Waals surface area contributed by atoms with Crippen LogP contribution in [0.15, 0.2) is 78.4 Å². The molecule has 2 atom stereocenters. The molecule has 2 unspecified atom stereocenters. The summed E-state index contributed by atoms with van der Waals surface area (Å²) in [6.45, 7) is 2.47. The number of benzene rings is 3. The number of rotatable bonds is 5. The summed E-state index contributed by atoms with van der Waals surface area (Å²) in [5.41, 5.74) is 8.53. The smallest absolute Gasteiger partial charge is 0.0311 e. The lowest BCUT2D eigenvalue weighted by molar-refractivity contribution is 0.309. The van der Waals surface area contributed by atoms with Crippen molar-refractivity contribution >= 4 is 16.3 Å². The van der Waals surface area contributed by atoms with Gasteiger partial charge in [0.2, 0.25) is 0 Å². The molecule has 0 bridgehead atoms. The average molecular weight is 449 g/mol. The molecule has 0 N–H and O–H groups in total. The van der Waals surface area contributed by atoms with Crippen molar-refractivity contribution in [1.29, 1.82) is 0 Å². The first-order valence-corrected chi connectivity index (χ1v) is 13.1. The van der Waals surface area contributed by atoms with Gasteiger partial charge in [-0.25, -0.2) is 0 Å². The van der Waals surface area contributed by atoms with Crippen molar-refractivity contribution in [2.24, 2.45) is 0 Å². The summed E-state index contributed by atoms with van der Waals surface area (Å²) in [7, 11) is 4.54. The van der Waals surface area contributed by atoms with E-state index in [4.69, 9.17) is 0 Å². The Morgan fingerprint density at radius 3 is 2.44 bits per heavy atom. The van der Waals surface area contributed by atoms with Gasteiger partial charge in [0.1, 0.15) is 0 Å². The van der Waals surface area contributed by atoms with Crippen molar-refractivity contribution in [3.8, 4) is 11.1 Å². The molecule has 2 heteroatoms. The zero-order valence-corrected chi connectivity index (χ0v) is 20.6. The van der Waals surface area contributed by atoms with E-state index in [1.807, 2.05) is 0 Å². The summed E-state index contributed by atoms with van der Waals surface area (Å²) in [4.78, 5) is 5.04. The number of hydrogen-bond acceptors (Lipinski definition) is 2. The van der Waals surface area contributed by atoms with Gasteiger partial charge in [-0.15, -0.1) is 0 Å². The van der Waals surface area contributed by atoms with Crippen LogP contribution < -0.4 is 0 Å². The number of nitrogens with zero attached hydrogens (tertiary/aromatic N) is 2. The van der Waals surface area contributed by atoms with E-state index in [9.17, 15) is 0 Å². The molecule has 0 aromatic heterocycles. The highest BCUT2D eigenvalue weighted by Crippen LogP contribution is 2.37. The monoisotopic (exact) mass is 448 g/mol. The summed E-state index contributed by atoms with van der Waals surface area (Å²) in [6, 6.07) is 24.4. The molecule has 2 aliphatic heterocycles. The third-order valence-corrected chi connectivity index (χ3v) is 8.47. The molecule has 3 aromatic carbocycles.